The fourth-order valence-electron chi connectivity index (χ4n) is 3.80. The van der Waals surface area contributed by atoms with Gasteiger partial charge in [0.1, 0.15) is 0 Å². The van der Waals surface area contributed by atoms with E-state index in [0.717, 1.165) is 12.1 Å². The average molecular weight is 272 g/mol. The molecule has 2 N–H and O–H groups in total. The van der Waals surface area contributed by atoms with Gasteiger partial charge in [0.25, 0.3) is 0 Å². The highest BCUT2D eigenvalue weighted by Crippen LogP contribution is 2.69. The number of benzene rings is 1. The summed E-state index contributed by atoms with van der Waals surface area (Å²) in [6, 6.07) is 8.18. The highest BCUT2D eigenvalue weighted by Gasteiger charge is 2.69. The molecule has 1 amide bonds. The van der Waals surface area contributed by atoms with Gasteiger partial charge in [-0.25, -0.2) is 0 Å². The number of carbonyl (C=O) groups excluding carboxylic acids is 1. The second-order valence-corrected chi connectivity index (χ2v) is 7.42. The first kappa shape index (κ1) is 13.6. The van der Waals surface area contributed by atoms with Crippen LogP contribution in [0.1, 0.15) is 33.3 Å². The lowest BCUT2D eigenvalue weighted by Crippen LogP contribution is -2.47. The predicted octanol–water partition coefficient (Wildman–Crippen LogP) is 2.59. The van der Waals surface area contributed by atoms with Gasteiger partial charge in [-0.15, -0.1) is 0 Å². The van der Waals surface area contributed by atoms with Gasteiger partial charge in [-0.2, -0.15) is 0 Å². The van der Waals surface area contributed by atoms with Crippen molar-refractivity contribution in [3.8, 4) is 0 Å². The lowest BCUT2D eigenvalue weighted by atomic mass is 9.97. The highest BCUT2D eigenvalue weighted by molar-refractivity contribution is 5.99. The van der Waals surface area contributed by atoms with Gasteiger partial charge in [0.05, 0.1) is 0 Å². The molecule has 1 aliphatic heterocycles. The molecule has 0 saturated heterocycles. The molecule has 2 aliphatic rings. The molecule has 1 heterocycles. The molecule has 1 aromatic rings. The Morgan fingerprint density at radius 3 is 2.40 bits per heavy atom. The Kier molecular flexibility index (Phi) is 2.78. The quantitative estimate of drug-likeness (QED) is 0.854. The number of hydrogen-bond acceptors (Lipinski definition) is 2. The number of rotatable bonds is 1. The molecule has 3 nitrogen and oxygen atoms in total. The fraction of sp³-hybridized carbons (Fsp3) is 0.588. The third-order valence-electron chi connectivity index (χ3n) is 5.72. The van der Waals surface area contributed by atoms with Gasteiger partial charge in [0, 0.05) is 24.2 Å². The van der Waals surface area contributed by atoms with E-state index in [1.165, 1.54) is 5.56 Å². The van der Waals surface area contributed by atoms with E-state index in [1.807, 2.05) is 23.1 Å². The van der Waals surface area contributed by atoms with Crippen LogP contribution in [0.2, 0.25) is 0 Å². The maximum absolute atomic E-state index is 13.0. The number of para-hydroxylation sites is 1. The Morgan fingerprint density at radius 1 is 1.20 bits per heavy atom. The van der Waals surface area contributed by atoms with Crippen molar-refractivity contribution in [3.05, 3.63) is 29.8 Å². The van der Waals surface area contributed by atoms with Gasteiger partial charge in [-0.1, -0.05) is 45.9 Å². The third kappa shape index (κ3) is 1.72. The van der Waals surface area contributed by atoms with Crippen molar-refractivity contribution in [2.24, 2.45) is 22.5 Å². The van der Waals surface area contributed by atoms with Crippen molar-refractivity contribution >= 4 is 11.6 Å². The van der Waals surface area contributed by atoms with Crippen molar-refractivity contribution in [1.82, 2.24) is 0 Å². The second kappa shape index (κ2) is 4.08. The van der Waals surface area contributed by atoms with Crippen LogP contribution in [0.3, 0.4) is 0 Å². The first-order valence-electron chi connectivity index (χ1n) is 7.41. The zero-order chi connectivity index (χ0) is 14.7. The van der Waals surface area contributed by atoms with E-state index < -0.39 is 0 Å². The van der Waals surface area contributed by atoms with Crippen LogP contribution in [0, 0.1) is 16.7 Å². The maximum Gasteiger partial charge on any atom is 0.231 e. The van der Waals surface area contributed by atoms with Gasteiger partial charge in [0.15, 0.2) is 0 Å². The van der Waals surface area contributed by atoms with E-state index >= 15 is 0 Å². The monoisotopic (exact) mass is 272 g/mol. The van der Waals surface area contributed by atoms with Crippen molar-refractivity contribution in [3.63, 3.8) is 0 Å². The molecule has 0 spiro atoms. The van der Waals surface area contributed by atoms with Crippen LogP contribution in [-0.2, 0) is 11.2 Å². The van der Waals surface area contributed by atoms with Crippen LogP contribution in [0.25, 0.3) is 0 Å². The van der Waals surface area contributed by atoms with Gasteiger partial charge in [0.2, 0.25) is 5.91 Å². The number of fused-ring (bicyclic) bond motifs is 1. The molecule has 1 fully saturated rings. The molecule has 0 bridgehead atoms. The second-order valence-electron chi connectivity index (χ2n) is 7.42. The Morgan fingerprint density at radius 2 is 1.80 bits per heavy atom. The number of amides is 1. The number of carbonyl (C=O) groups is 1. The van der Waals surface area contributed by atoms with Crippen molar-refractivity contribution in [2.75, 3.05) is 11.4 Å². The largest absolute Gasteiger partial charge is 0.326 e. The molecular weight excluding hydrogens is 248 g/mol. The van der Waals surface area contributed by atoms with Crippen molar-refractivity contribution in [2.45, 2.75) is 40.2 Å². The average Bonchev–Trinajstić information content (AvgIpc) is 2.78. The molecule has 1 atom stereocenters. The molecule has 1 aliphatic carbocycles. The first-order valence-corrected chi connectivity index (χ1v) is 7.41. The number of anilines is 1. The molecule has 20 heavy (non-hydrogen) atoms. The summed E-state index contributed by atoms with van der Waals surface area (Å²) in [4.78, 5) is 14.9. The lowest BCUT2D eigenvalue weighted by Gasteiger charge is -2.33. The van der Waals surface area contributed by atoms with Gasteiger partial charge >= 0.3 is 0 Å². The molecule has 3 heteroatoms. The lowest BCUT2D eigenvalue weighted by molar-refractivity contribution is -0.121. The maximum atomic E-state index is 13.0. The van der Waals surface area contributed by atoms with Gasteiger partial charge < -0.3 is 10.6 Å². The summed E-state index contributed by atoms with van der Waals surface area (Å²) in [6.45, 7) is 9.38. The molecule has 0 radical (unpaired) electrons. The SMILES string of the molecule is CC1(C)C(C(=O)N2CC(N)Cc3ccccc32)C1(C)C. The van der Waals surface area contributed by atoms with Crippen LogP contribution in [0.5, 0.6) is 0 Å². The molecule has 1 unspecified atom stereocenters. The first-order chi connectivity index (χ1) is 9.26. The summed E-state index contributed by atoms with van der Waals surface area (Å²) >= 11 is 0. The molecular formula is C17H24N2O. The van der Waals surface area contributed by atoms with E-state index in [2.05, 4.69) is 33.8 Å². The highest BCUT2D eigenvalue weighted by atomic mass is 16.2. The molecule has 3 rings (SSSR count). The minimum Gasteiger partial charge on any atom is -0.326 e. The molecule has 1 aromatic carbocycles. The Labute approximate surface area is 121 Å². The van der Waals surface area contributed by atoms with E-state index in [4.69, 9.17) is 5.73 Å². The Bertz CT molecular complexity index is 548. The van der Waals surface area contributed by atoms with Crippen LogP contribution in [-0.4, -0.2) is 18.5 Å². The van der Waals surface area contributed by atoms with Crippen molar-refractivity contribution in [1.29, 1.82) is 0 Å². The van der Waals surface area contributed by atoms with E-state index in [-0.39, 0.29) is 28.7 Å². The molecule has 1 saturated carbocycles. The van der Waals surface area contributed by atoms with E-state index in [1.54, 1.807) is 0 Å². The van der Waals surface area contributed by atoms with Crippen LogP contribution in [0.4, 0.5) is 5.69 Å². The number of nitrogens with two attached hydrogens (primary N) is 1. The summed E-state index contributed by atoms with van der Waals surface area (Å²) in [5, 5.41) is 0. The minimum atomic E-state index is 0.0406. The fourth-order valence-corrected chi connectivity index (χ4v) is 3.80. The summed E-state index contributed by atoms with van der Waals surface area (Å²) < 4.78 is 0. The normalized spacial score (nSPS) is 27.1. The predicted molar refractivity (Wildman–Crippen MR) is 81.5 cm³/mol. The standard InChI is InChI=1S/C17H24N2O/c1-16(2)14(17(16,3)4)15(20)19-10-12(18)9-11-7-5-6-8-13(11)19/h5-8,12,14H,9-10,18H2,1-4H3. The molecule has 108 valence electrons. The summed E-state index contributed by atoms with van der Waals surface area (Å²) in [6.07, 6.45) is 0.859. The topological polar surface area (TPSA) is 46.3 Å². The number of nitrogens with zero attached hydrogens (tertiary/aromatic N) is 1. The van der Waals surface area contributed by atoms with Crippen molar-refractivity contribution < 1.29 is 4.79 Å². The van der Waals surface area contributed by atoms with Crippen LogP contribution in [0.15, 0.2) is 24.3 Å². The van der Waals surface area contributed by atoms with Crippen LogP contribution >= 0.6 is 0 Å². The smallest absolute Gasteiger partial charge is 0.231 e. The van der Waals surface area contributed by atoms with Gasteiger partial charge in [-0.3, -0.25) is 4.79 Å². The van der Waals surface area contributed by atoms with Crippen LogP contribution < -0.4 is 10.6 Å². The summed E-state index contributed by atoms with van der Waals surface area (Å²) in [5.74, 6) is 0.330. The van der Waals surface area contributed by atoms with E-state index in [0.29, 0.717) is 6.54 Å². The molecule has 0 aromatic heterocycles. The minimum absolute atomic E-state index is 0.0406. The summed E-state index contributed by atoms with van der Waals surface area (Å²) in [7, 11) is 0. The zero-order valence-corrected chi connectivity index (χ0v) is 12.8. The summed E-state index contributed by atoms with van der Waals surface area (Å²) in [5.41, 5.74) is 8.52. The van der Waals surface area contributed by atoms with E-state index in [9.17, 15) is 4.79 Å². The number of hydrogen-bond donors (Lipinski definition) is 1. The van der Waals surface area contributed by atoms with Gasteiger partial charge in [-0.05, 0) is 28.9 Å². The Balaban J connectivity index is 1.94. The third-order valence-corrected chi connectivity index (χ3v) is 5.72. The zero-order valence-electron chi connectivity index (χ0n) is 12.8. The Hall–Kier alpha value is -1.35.